The van der Waals surface area contributed by atoms with Crippen LogP contribution in [0.1, 0.15) is 37.1 Å². The molecule has 1 fully saturated rings. The smallest absolute Gasteiger partial charge is 0.252 e. The van der Waals surface area contributed by atoms with Crippen molar-refractivity contribution in [3.8, 4) is 0 Å². The van der Waals surface area contributed by atoms with Crippen LogP contribution in [0.25, 0.3) is 0 Å². The number of hydrogen-bond donors (Lipinski definition) is 1. The summed E-state index contributed by atoms with van der Waals surface area (Å²) in [6.45, 7) is 8.03. The van der Waals surface area contributed by atoms with Gasteiger partial charge in [0.15, 0.2) is 0 Å². The Hall–Kier alpha value is -0.430. The minimum absolute atomic E-state index is 0.404. The second kappa shape index (κ2) is 6.13. The predicted octanol–water partition coefficient (Wildman–Crippen LogP) is 2.57. The molecule has 2 heterocycles. The molecule has 0 radical (unpaired) electrons. The number of nitrogens with two attached hydrogens (primary N) is 1. The Kier molecular flexibility index (Phi) is 4.89. The van der Waals surface area contributed by atoms with E-state index in [2.05, 4.69) is 13.8 Å². The highest BCUT2D eigenvalue weighted by Crippen LogP contribution is 2.32. The maximum atomic E-state index is 12.6. The van der Waals surface area contributed by atoms with Crippen molar-refractivity contribution in [1.29, 1.82) is 0 Å². The molecular weight excluding hydrogens is 292 g/mol. The number of thiophene rings is 1. The minimum atomic E-state index is -3.33. The Balaban J connectivity index is 2.15. The van der Waals surface area contributed by atoms with E-state index in [1.54, 1.807) is 10.4 Å². The summed E-state index contributed by atoms with van der Waals surface area (Å²) in [6.07, 6.45) is 1.93. The molecule has 1 aromatic heterocycles. The molecule has 2 rings (SSSR count). The van der Waals surface area contributed by atoms with Gasteiger partial charge in [0, 0.05) is 24.5 Å². The quantitative estimate of drug-likeness (QED) is 0.928. The molecule has 0 bridgehead atoms. The normalized spacial score (nSPS) is 18.9. The van der Waals surface area contributed by atoms with Crippen molar-refractivity contribution in [2.45, 2.75) is 44.4 Å². The van der Waals surface area contributed by atoms with E-state index in [9.17, 15) is 8.42 Å². The largest absolute Gasteiger partial charge is 0.326 e. The summed E-state index contributed by atoms with van der Waals surface area (Å²) in [5.74, 6) is 1.28. The second-order valence-electron chi connectivity index (χ2n) is 5.86. The van der Waals surface area contributed by atoms with Gasteiger partial charge >= 0.3 is 0 Å². The van der Waals surface area contributed by atoms with Gasteiger partial charge in [-0.15, -0.1) is 11.3 Å². The fourth-order valence-corrected chi connectivity index (χ4v) is 5.82. The van der Waals surface area contributed by atoms with E-state index in [0.29, 0.717) is 35.7 Å². The monoisotopic (exact) mass is 316 g/mol. The highest BCUT2D eigenvalue weighted by Gasteiger charge is 2.31. The van der Waals surface area contributed by atoms with Crippen LogP contribution in [0.3, 0.4) is 0 Å². The van der Waals surface area contributed by atoms with Crippen molar-refractivity contribution in [2.24, 2.45) is 17.6 Å². The van der Waals surface area contributed by atoms with Crippen LogP contribution in [0.15, 0.2) is 10.3 Å². The standard InChI is InChI=1S/C14H24N2O2S2/c1-10(2)12-4-6-16(7-5-12)20(17,18)14-8-11(3)13(9-15)19-14/h8,10,12H,4-7,9,15H2,1-3H3. The van der Waals surface area contributed by atoms with Crippen molar-refractivity contribution in [3.63, 3.8) is 0 Å². The highest BCUT2D eigenvalue weighted by molar-refractivity contribution is 7.91. The van der Waals surface area contributed by atoms with Crippen molar-refractivity contribution in [2.75, 3.05) is 13.1 Å². The summed E-state index contributed by atoms with van der Waals surface area (Å²) >= 11 is 1.31. The minimum Gasteiger partial charge on any atom is -0.326 e. The predicted molar refractivity (Wildman–Crippen MR) is 83.3 cm³/mol. The van der Waals surface area contributed by atoms with Crippen LogP contribution in [0.4, 0.5) is 0 Å². The summed E-state index contributed by atoms with van der Waals surface area (Å²) in [5.41, 5.74) is 6.62. The van der Waals surface area contributed by atoms with Crippen LogP contribution >= 0.6 is 11.3 Å². The Morgan fingerprint density at radius 1 is 1.40 bits per heavy atom. The molecule has 0 saturated carbocycles. The number of rotatable bonds is 4. The van der Waals surface area contributed by atoms with Crippen LogP contribution in [0.5, 0.6) is 0 Å². The average Bonchev–Trinajstić information content (AvgIpc) is 2.80. The molecule has 0 spiro atoms. The van der Waals surface area contributed by atoms with Gasteiger partial charge in [-0.3, -0.25) is 0 Å². The van der Waals surface area contributed by atoms with Gasteiger partial charge in [0.1, 0.15) is 4.21 Å². The van der Waals surface area contributed by atoms with E-state index in [1.807, 2.05) is 6.92 Å². The topological polar surface area (TPSA) is 63.4 Å². The van der Waals surface area contributed by atoms with E-state index >= 15 is 0 Å². The van der Waals surface area contributed by atoms with Crippen LogP contribution in [-0.2, 0) is 16.6 Å². The fourth-order valence-electron chi connectivity index (χ4n) is 2.73. The van der Waals surface area contributed by atoms with Crippen LogP contribution in [0.2, 0.25) is 0 Å². The molecule has 114 valence electrons. The Morgan fingerprint density at radius 3 is 2.45 bits per heavy atom. The fraction of sp³-hybridized carbons (Fsp3) is 0.714. The molecule has 4 nitrogen and oxygen atoms in total. The third kappa shape index (κ3) is 3.08. The second-order valence-corrected chi connectivity index (χ2v) is 9.16. The summed E-state index contributed by atoms with van der Waals surface area (Å²) in [5, 5.41) is 0. The Morgan fingerprint density at radius 2 is 2.00 bits per heavy atom. The molecule has 0 amide bonds. The van der Waals surface area contributed by atoms with Gasteiger partial charge in [-0.1, -0.05) is 13.8 Å². The number of piperidine rings is 1. The molecule has 0 aliphatic carbocycles. The van der Waals surface area contributed by atoms with Crippen molar-refractivity contribution < 1.29 is 8.42 Å². The molecule has 1 aromatic rings. The van der Waals surface area contributed by atoms with Gasteiger partial charge in [0.25, 0.3) is 10.0 Å². The molecule has 20 heavy (non-hydrogen) atoms. The Bertz CT molecular complexity index is 556. The first kappa shape index (κ1) is 15.9. The Labute approximate surface area is 126 Å². The highest BCUT2D eigenvalue weighted by atomic mass is 32.2. The molecule has 6 heteroatoms. The molecular formula is C14H24N2O2S2. The first-order valence-electron chi connectivity index (χ1n) is 7.15. The molecule has 1 saturated heterocycles. The van der Waals surface area contributed by atoms with Gasteiger partial charge in [-0.25, -0.2) is 8.42 Å². The first-order valence-corrected chi connectivity index (χ1v) is 9.41. The number of sulfonamides is 1. The van der Waals surface area contributed by atoms with Gasteiger partial charge in [-0.2, -0.15) is 4.31 Å². The summed E-state index contributed by atoms with van der Waals surface area (Å²) in [4.78, 5) is 0.959. The number of hydrogen-bond acceptors (Lipinski definition) is 4. The van der Waals surface area contributed by atoms with E-state index < -0.39 is 10.0 Å². The zero-order valence-electron chi connectivity index (χ0n) is 12.4. The lowest BCUT2D eigenvalue weighted by Crippen LogP contribution is -2.39. The third-order valence-corrected chi connectivity index (χ3v) is 7.83. The maximum absolute atomic E-state index is 12.6. The summed E-state index contributed by atoms with van der Waals surface area (Å²) in [6, 6.07) is 1.76. The lowest BCUT2D eigenvalue weighted by atomic mass is 9.87. The summed E-state index contributed by atoms with van der Waals surface area (Å²) < 4.78 is 27.4. The molecule has 1 aliphatic rings. The van der Waals surface area contributed by atoms with Crippen molar-refractivity contribution in [1.82, 2.24) is 4.31 Å². The van der Waals surface area contributed by atoms with E-state index in [-0.39, 0.29) is 0 Å². The maximum Gasteiger partial charge on any atom is 0.252 e. The number of nitrogens with zero attached hydrogens (tertiary/aromatic N) is 1. The third-order valence-electron chi connectivity index (χ3n) is 4.22. The first-order chi connectivity index (χ1) is 9.36. The van der Waals surface area contributed by atoms with Gasteiger partial charge in [0.2, 0.25) is 0 Å². The van der Waals surface area contributed by atoms with Gasteiger partial charge < -0.3 is 5.73 Å². The van der Waals surface area contributed by atoms with Gasteiger partial charge in [0.05, 0.1) is 0 Å². The van der Waals surface area contributed by atoms with Crippen LogP contribution in [0, 0.1) is 18.8 Å². The van der Waals surface area contributed by atoms with Crippen LogP contribution in [-0.4, -0.2) is 25.8 Å². The molecule has 1 aliphatic heterocycles. The lowest BCUT2D eigenvalue weighted by molar-refractivity contribution is 0.227. The van der Waals surface area contributed by atoms with Crippen molar-refractivity contribution in [3.05, 3.63) is 16.5 Å². The van der Waals surface area contributed by atoms with E-state index in [4.69, 9.17) is 5.73 Å². The van der Waals surface area contributed by atoms with Crippen LogP contribution < -0.4 is 5.73 Å². The van der Waals surface area contributed by atoms with Crippen molar-refractivity contribution >= 4 is 21.4 Å². The number of aryl methyl sites for hydroxylation is 1. The molecule has 0 atom stereocenters. The molecule has 0 aromatic carbocycles. The van der Waals surface area contributed by atoms with Gasteiger partial charge in [-0.05, 0) is 43.2 Å². The average molecular weight is 316 g/mol. The van der Waals surface area contributed by atoms with E-state index in [0.717, 1.165) is 23.3 Å². The molecule has 2 N–H and O–H groups in total. The SMILES string of the molecule is Cc1cc(S(=O)(=O)N2CCC(C(C)C)CC2)sc1CN. The lowest BCUT2D eigenvalue weighted by Gasteiger charge is -2.32. The zero-order chi connectivity index (χ0) is 14.9. The van der Waals surface area contributed by atoms with E-state index in [1.165, 1.54) is 11.3 Å². The summed E-state index contributed by atoms with van der Waals surface area (Å²) in [7, 11) is -3.33. The molecule has 0 unspecified atom stereocenters. The zero-order valence-corrected chi connectivity index (χ0v) is 14.1.